The Bertz CT molecular complexity index is 635. The Morgan fingerprint density at radius 2 is 1.29 bits per heavy atom. The number of allylic oxidation sites excluding steroid dienone is 2. The van der Waals surface area contributed by atoms with Crippen molar-refractivity contribution >= 4 is 5.97 Å². The van der Waals surface area contributed by atoms with Crippen LogP contribution in [0, 0.1) is 17.8 Å². The molecule has 1 N–H and O–H groups in total. The summed E-state index contributed by atoms with van der Waals surface area (Å²) >= 11 is 0. The normalized spacial score (nSPS) is 14.6. The molecule has 3 heteroatoms. The predicted molar refractivity (Wildman–Crippen MR) is 180 cm³/mol. The van der Waals surface area contributed by atoms with Gasteiger partial charge in [0.25, 0.3) is 0 Å². The lowest BCUT2D eigenvalue weighted by molar-refractivity contribution is -0.142. The maximum Gasteiger partial charge on any atom is 0.306 e. The summed E-state index contributed by atoms with van der Waals surface area (Å²) in [5, 5.41) is 10.00. The first-order chi connectivity index (χ1) is 19.7. The molecule has 41 heavy (non-hydrogen) atoms. The summed E-state index contributed by atoms with van der Waals surface area (Å²) in [6.45, 7) is 14.3. The number of hydrogen-bond acceptors (Lipinski definition) is 3. The average Bonchev–Trinajstić information content (AvgIpc) is 2.92. The van der Waals surface area contributed by atoms with Gasteiger partial charge < -0.3 is 9.84 Å². The Balaban J connectivity index is 3.63. The molecule has 0 aliphatic heterocycles. The summed E-state index contributed by atoms with van der Waals surface area (Å²) < 4.78 is 5.44. The van der Waals surface area contributed by atoms with E-state index in [4.69, 9.17) is 4.74 Å². The van der Waals surface area contributed by atoms with E-state index in [9.17, 15) is 9.90 Å². The molecule has 0 aromatic carbocycles. The van der Waals surface area contributed by atoms with Crippen molar-refractivity contribution < 1.29 is 14.6 Å². The molecule has 242 valence electrons. The van der Waals surface area contributed by atoms with E-state index in [1.165, 1.54) is 95.5 Å². The number of rotatable bonds is 29. The lowest BCUT2D eigenvalue weighted by Gasteiger charge is -2.15. The molecule has 0 aromatic heterocycles. The lowest BCUT2D eigenvalue weighted by Crippen LogP contribution is -2.04. The molecular weight excluding hydrogens is 504 g/mol. The number of aliphatic hydroxyl groups is 1. The van der Waals surface area contributed by atoms with Gasteiger partial charge in [-0.1, -0.05) is 142 Å². The Morgan fingerprint density at radius 3 is 1.98 bits per heavy atom. The Morgan fingerprint density at radius 1 is 0.683 bits per heavy atom. The van der Waals surface area contributed by atoms with E-state index in [2.05, 4.69) is 59.8 Å². The number of unbranched alkanes of at least 4 members (excludes halogenated alkanes) is 8. The van der Waals surface area contributed by atoms with Crippen LogP contribution in [0.1, 0.15) is 183 Å². The summed E-state index contributed by atoms with van der Waals surface area (Å²) in [4.78, 5) is 12.0. The minimum Gasteiger partial charge on any atom is -0.461 e. The number of carbonyl (C=O) groups excluding carboxylic acids is 1. The molecule has 3 unspecified atom stereocenters. The molecule has 0 aliphatic rings. The van der Waals surface area contributed by atoms with Gasteiger partial charge in [0.05, 0.1) is 6.10 Å². The monoisotopic (exact) mass is 577 g/mol. The van der Waals surface area contributed by atoms with E-state index in [-0.39, 0.29) is 12.1 Å². The zero-order valence-electron chi connectivity index (χ0n) is 28.6. The highest BCUT2D eigenvalue weighted by atomic mass is 16.5. The van der Waals surface area contributed by atoms with E-state index in [1.54, 1.807) is 0 Å². The fraction of sp³-hybridized carbons (Fsp3) is 0.868. The average molecular weight is 577 g/mol. The second kappa shape index (κ2) is 29.0. The molecular formula is C38H72O3. The van der Waals surface area contributed by atoms with E-state index >= 15 is 0 Å². The molecule has 0 bridgehead atoms. The third kappa shape index (κ3) is 30.2. The topological polar surface area (TPSA) is 46.5 Å². The van der Waals surface area contributed by atoms with E-state index in [0.29, 0.717) is 13.0 Å². The molecule has 3 atom stereocenters. The third-order valence-electron chi connectivity index (χ3n) is 8.53. The zero-order valence-corrected chi connectivity index (χ0v) is 28.6. The number of hydrogen-bond donors (Lipinski definition) is 1. The van der Waals surface area contributed by atoms with E-state index in [1.807, 2.05) is 0 Å². The number of carbonyl (C=O) groups is 1. The fourth-order valence-electron chi connectivity index (χ4n) is 5.52. The minimum atomic E-state index is -0.172. The molecule has 0 fully saturated rings. The van der Waals surface area contributed by atoms with Crippen molar-refractivity contribution in [3.8, 4) is 0 Å². The summed E-state index contributed by atoms with van der Waals surface area (Å²) in [7, 11) is 0. The van der Waals surface area contributed by atoms with Gasteiger partial charge in [0, 0.05) is 6.42 Å². The number of ether oxygens (including phenoxy) is 1. The molecule has 0 aromatic rings. The number of aliphatic hydroxyl groups excluding tert-OH is 1. The van der Waals surface area contributed by atoms with Crippen molar-refractivity contribution in [3.05, 3.63) is 23.8 Å². The third-order valence-corrected chi connectivity index (χ3v) is 8.53. The van der Waals surface area contributed by atoms with Crippen LogP contribution in [0.25, 0.3) is 0 Å². The van der Waals surface area contributed by atoms with Crippen LogP contribution < -0.4 is 0 Å². The smallest absolute Gasteiger partial charge is 0.306 e. The predicted octanol–water partition coefficient (Wildman–Crippen LogP) is 11.9. The van der Waals surface area contributed by atoms with Gasteiger partial charge in [-0.15, -0.1) is 0 Å². The SMILES string of the molecule is CCCCCCC(O)C/C=C\CCCCCCCC(=O)OC/C=C(/C)CCCC(C)CCCC(C)CCCC(C)C. The number of esters is 1. The fourth-order valence-corrected chi connectivity index (χ4v) is 5.52. The first-order valence-electron chi connectivity index (χ1n) is 17.9. The van der Waals surface area contributed by atoms with Gasteiger partial charge in [0.2, 0.25) is 0 Å². The standard InChI is InChI=1S/C38H72O3/c1-7-8-9-16-28-37(39)29-17-14-12-10-11-13-15-18-30-38(40)41-32-31-36(6)27-21-26-35(5)25-20-24-34(4)23-19-22-33(2)3/h14,17,31,33-35,37,39H,7-13,15-16,18-30,32H2,1-6H3/b17-14-,36-31-. The van der Waals surface area contributed by atoms with Crippen LogP contribution in [0.2, 0.25) is 0 Å². The summed E-state index contributed by atoms with van der Waals surface area (Å²) in [5.74, 6) is 2.47. The van der Waals surface area contributed by atoms with E-state index in [0.717, 1.165) is 62.7 Å². The molecule has 0 saturated carbocycles. The molecule has 0 amide bonds. The van der Waals surface area contributed by atoms with Crippen molar-refractivity contribution in [2.24, 2.45) is 17.8 Å². The van der Waals surface area contributed by atoms with Crippen LogP contribution in [0.15, 0.2) is 23.8 Å². The highest BCUT2D eigenvalue weighted by Crippen LogP contribution is 2.22. The highest BCUT2D eigenvalue weighted by Gasteiger charge is 2.07. The molecule has 0 saturated heterocycles. The Hall–Kier alpha value is -1.09. The minimum absolute atomic E-state index is 0.0581. The van der Waals surface area contributed by atoms with Crippen molar-refractivity contribution in [2.45, 2.75) is 189 Å². The Labute approximate surface area is 257 Å². The molecule has 0 spiro atoms. The second-order valence-corrected chi connectivity index (χ2v) is 13.6. The quantitative estimate of drug-likeness (QED) is 0.0547. The van der Waals surface area contributed by atoms with Gasteiger partial charge in [-0.3, -0.25) is 4.79 Å². The molecule has 0 radical (unpaired) electrons. The van der Waals surface area contributed by atoms with Gasteiger partial charge in [-0.2, -0.15) is 0 Å². The first-order valence-corrected chi connectivity index (χ1v) is 17.9. The van der Waals surface area contributed by atoms with Gasteiger partial charge in [0.15, 0.2) is 0 Å². The molecule has 0 aliphatic carbocycles. The van der Waals surface area contributed by atoms with Crippen LogP contribution in [0.4, 0.5) is 0 Å². The summed E-state index contributed by atoms with van der Waals surface area (Å²) in [5.41, 5.74) is 1.35. The van der Waals surface area contributed by atoms with Gasteiger partial charge in [-0.05, 0) is 75.7 Å². The van der Waals surface area contributed by atoms with Crippen LogP contribution >= 0.6 is 0 Å². The van der Waals surface area contributed by atoms with Crippen molar-refractivity contribution in [2.75, 3.05) is 6.61 Å². The first kappa shape index (κ1) is 39.9. The highest BCUT2D eigenvalue weighted by molar-refractivity contribution is 5.69. The van der Waals surface area contributed by atoms with Crippen molar-refractivity contribution in [1.82, 2.24) is 0 Å². The molecule has 0 rings (SSSR count). The van der Waals surface area contributed by atoms with Crippen molar-refractivity contribution in [3.63, 3.8) is 0 Å². The zero-order chi connectivity index (χ0) is 30.6. The second-order valence-electron chi connectivity index (χ2n) is 13.6. The van der Waals surface area contributed by atoms with E-state index < -0.39 is 0 Å². The summed E-state index contributed by atoms with van der Waals surface area (Å²) in [6.07, 6.45) is 32.1. The van der Waals surface area contributed by atoms with Gasteiger partial charge in [0.1, 0.15) is 6.61 Å². The Kier molecular flexibility index (Phi) is 28.2. The van der Waals surface area contributed by atoms with Gasteiger partial charge in [-0.25, -0.2) is 0 Å². The van der Waals surface area contributed by atoms with Crippen molar-refractivity contribution in [1.29, 1.82) is 0 Å². The van der Waals surface area contributed by atoms with Crippen LogP contribution in [0.5, 0.6) is 0 Å². The lowest BCUT2D eigenvalue weighted by atomic mass is 9.91. The van der Waals surface area contributed by atoms with Crippen LogP contribution in [-0.2, 0) is 9.53 Å². The summed E-state index contributed by atoms with van der Waals surface area (Å²) in [6, 6.07) is 0. The van der Waals surface area contributed by atoms with Gasteiger partial charge >= 0.3 is 5.97 Å². The molecule has 0 heterocycles. The van der Waals surface area contributed by atoms with Crippen LogP contribution in [-0.4, -0.2) is 23.8 Å². The van der Waals surface area contributed by atoms with Crippen LogP contribution in [0.3, 0.4) is 0 Å². The maximum atomic E-state index is 12.0. The maximum absolute atomic E-state index is 12.0. The largest absolute Gasteiger partial charge is 0.461 e. The molecule has 3 nitrogen and oxygen atoms in total.